The van der Waals surface area contributed by atoms with Gasteiger partial charge in [-0.25, -0.2) is 0 Å². The Balaban J connectivity index is 1.84. The van der Waals surface area contributed by atoms with Gasteiger partial charge in [0.2, 0.25) is 0 Å². The summed E-state index contributed by atoms with van der Waals surface area (Å²) in [5, 5.41) is 3.77. The Hall–Kier alpha value is -3.09. The van der Waals surface area contributed by atoms with E-state index in [1.54, 1.807) is 26.4 Å². The summed E-state index contributed by atoms with van der Waals surface area (Å²) >= 11 is 12.0. The molecule has 0 aliphatic heterocycles. The standard InChI is InChI=1S/C24H23ClN2O3S/c1-29-21-13-12-17(14-22(21)30-2)15-27(16-19-10-6-7-11-20(19)25)24(31)26-23(28)18-8-4-3-5-9-18/h3-14H,15-16H2,1-2H3,(H,26,28,31). The van der Waals surface area contributed by atoms with E-state index >= 15 is 0 Å². The first-order chi connectivity index (χ1) is 15.0. The topological polar surface area (TPSA) is 50.8 Å². The van der Waals surface area contributed by atoms with Crippen molar-refractivity contribution in [1.29, 1.82) is 0 Å². The molecule has 0 saturated carbocycles. The lowest BCUT2D eigenvalue weighted by molar-refractivity contribution is 0.0972. The molecule has 0 saturated heterocycles. The van der Waals surface area contributed by atoms with Gasteiger partial charge in [-0.2, -0.15) is 0 Å². The Labute approximate surface area is 192 Å². The number of rotatable bonds is 7. The minimum absolute atomic E-state index is 0.262. The largest absolute Gasteiger partial charge is 0.493 e. The van der Waals surface area contributed by atoms with Gasteiger partial charge in [-0.3, -0.25) is 10.1 Å². The third kappa shape index (κ3) is 5.96. The van der Waals surface area contributed by atoms with Crippen LogP contribution in [0.25, 0.3) is 0 Å². The van der Waals surface area contributed by atoms with Crippen LogP contribution in [-0.4, -0.2) is 30.1 Å². The number of carbonyl (C=O) groups excluding carboxylic acids is 1. The fraction of sp³-hybridized carbons (Fsp3) is 0.167. The molecule has 0 fully saturated rings. The maximum absolute atomic E-state index is 12.6. The molecule has 0 atom stereocenters. The molecule has 0 bridgehead atoms. The van der Waals surface area contributed by atoms with Crippen LogP contribution in [0.1, 0.15) is 21.5 Å². The van der Waals surface area contributed by atoms with Crippen LogP contribution in [0, 0.1) is 0 Å². The van der Waals surface area contributed by atoms with Crippen LogP contribution in [0.5, 0.6) is 11.5 Å². The highest BCUT2D eigenvalue weighted by Crippen LogP contribution is 2.28. The molecule has 1 N–H and O–H groups in total. The summed E-state index contributed by atoms with van der Waals surface area (Å²) in [5.41, 5.74) is 2.38. The number of nitrogens with zero attached hydrogens (tertiary/aromatic N) is 1. The molecule has 0 aliphatic rings. The summed E-state index contributed by atoms with van der Waals surface area (Å²) in [6.45, 7) is 0.876. The van der Waals surface area contributed by atoms with Crippen LogP contribution in [0.15, 0.2) is 72.8 Å². The maximum Gasteiger partial charge on any atom is 0.257 e. The Kier molecular flexibility index (Phi) is 7.87. The number of nitrogens with one attached hydrogen (secondary N) is 1. The third-order valence-electron chi connectivity index (χ3n) is 4.68. The number of amides is 1. The van der Waals surface area contributed by atoms with E-state index < -0.39 is 0 Å². The fourth-order valence-electron chi connectivity index (χ4n) is 3.07. The normalized spacial score (nSPS) is 10.3. The number of carbonyl (C=O) groups is 1. The van der Waals surface area contributed by atoms with Crippen LogP contribution in [0.2, 0.25) is 5.02 Å². The van der Waals surface area contributed by atoms with Crippen molar-refractivity contribution in [1.82, 2.24) is 10.2 Å². The molecule has 160 valence electrons. The summed E-state index contributed by atoms with van der Waals surface area (Å²) in [6, 6.07) is 22.2. The van der Waals surface area contributed by atoms with E-state index in [4.69, 9.17) is 33.3 Å². The number of hydrogen-bond acceptors (Lipinski definition) is 4. The van der Waals surface area contributed by atoms with Crippen LogP contribution in [0.4, 0.5) is 0 Å². The Morgan fingerprint density at radius 2 is 1.61 bits per heavy atom. The van der Waals surface area contributed by atoms with E-state index in [9.17, 15) is 4.79 Å². The van der Waals surface area contributed by atoms with Crippen molar-refractivity contribution in [2.45, 2.75) is 13.1 Å². The molecular formula is C24H23ClN2O3S. The van der Waals surface area contributed by atoms with Crippen molar-refractivity contribution in [2.75, 3.05) is 14.2 Å². The predicted octanol–water partition coefficient (Wildman–Crippen LogP) is 5.07. The summed E-state index contributed by atoms with van der Waals surface area (Å²) in [5.74, 6) is 1.00. The lowest BCUT2D eigenvalue weighted by Gasteiger charge is -2.26. The smallest absolute Gasteiger partial charge is 0.257 e. The lowest BCUT2D eigenvalue weighted by Crippen LogP contribution is -2.42. The van der Waals surface area contributed by atoms with Gasteiger partial charge in [0.25, 0.3) is 5.91 Å². The molecule has 0 heterocycles. The Bertz CT molecular complexity index is 1060. The van der Waals surface area contributed by atoms with E-state index in [0.29, 0.717) is 40.3 Å². The number of halogens is 1. The molecule has 0 aromatic heterocycles. The molecule has 0 unspecified atom stereocenters. The molecule has 5 nitrogen and oxygen atoms in total. The predicted molar refractivity (Wildman–Crippen MR) is 127 cm³/mol. The number of hydrogen-bond donors (Lipinski definition) is 1. The summed E-state index contributed by atoms with van der Waals surface area (Å²) in [7, 11) is 3.18. The Morgan fingerprint density at radius 1 is 0.935 bits per heavy atom. The van der Waals surface area contributed by atoms with Crippen molar-refractivity contribution in [2.24, 2.45) is 0 Å². The molecule has 3 aromatic carbocycles. The first-order valence-corrected chi connectivity index (χ1v) is 10.4. The highest BCUT2D eigenvalue weighted by Gasteiger charge is 2.17. The van der Waals surface area contributed by atoms with Crippen molar-refractivity contribution >= 4 is 34.8 Å². The highest BCUT2D eigenvalue weighted by atomic mass is 35.5. The summed E-state index contributed by atoms with van der Waals surface area (Å²) < 4.78 is 10.7. The van der Waals surface area contributed by atoms with Gasteiger partial charge in [0, 0.05) is 23.7 Å². The van der Waals surface area contributed by atoms with Gasteiger partial charge >= 0.3 is 0 Å². The zero-order valence-electron chi connectivity index (χ0n) is 17.3. The summed E-state index contributed by atoms with van der Waals surface area (Å²) in [4.78, 5) is 14.5. The minimum Gasteiger partial charge on any atom is -0.493 e. The van der Waals surface area contributed by atoms with E-state index in [1.165, 1.54) is 0 Å². The van der Waals surface area contributed by atoms with Crippen molar-refractivity contribution < 1.29 is 14.3 Å². The molecule has 31 heavy (non-hydrogen) atoms. The third-order valence-corrected chi connectivity index (χ3v) is 5.41. The average Bonchev–Trinajstić information content (AvgIpc) is 2.80. The molecular weight excluding hydrogens is 432 g/mol. The van der Waals surface area contributed by atoms with Gasteiger partial charge in [-0.1, -0.05) is 54.1 Å². The molecule has 3 rings (SSSR count). The van der Waals surface area contributed by atoms with E-state index in [-0.39, 0.29) is 5.91 Å². The molecule has 0 spiro atoms. The fourth-order valence-corrected chi connectivity index (χ4v) is 3.49. The monoisotopic (exact) mass is 454 g/mol. The van der Waals surface area contributed by atoms with E-state index in [2.05, 4.69) is 5.32 Å². The number of ether oxygens (including phenoxy) is 2. The van der Waals surface area contributed by atoms with Gasteiger partial charge in [0.15, 0.2) is 16.6 Å². The summed E-state index contributed by atoms with van der Waals surface area (Å²) in [6.07, 6.45) is 0. The highest BCUT2D eigenvalue weighted by molar-refractivity contribution is 7.80. The van der Waals surface area contributed by atoms with Gasteiger partial charge in [0.1, 0.15) is 0 Å². The maximum atomic E-state index is 12.6. The zero-order valence-corrected chi connectivity index (χ0v) is 18.9. The SMILES string of the molecule is COc1ccc(CN(Cc2ccccc2Cl)C(=S)NC(=O)c2ccccc2)cc1OC. The quantitative estimate of drug-likeness (QED) is 0.505. The molecule has 7 heteroatoms. The first kappa shape index (κ1) is 22.6. The average molecular weight is 455 g/mol. The van der Waals surface area contributed by atoms with Crippen LogP contribution in [0.3, 0.4) is 0 Å². The van der Waals surface area contributed by atoms with Crippen molar-refractivity contribution in [3.8, 4) is 11.5 Å². The van der Waals surface area contributed by atoms with Gasteiger partial charge in [-0.05, 0) is 53.7 Å². The second-order valence-corrected chi connectivity index (χ2v) is 7.56. The van der Waals surface area contributed by atoms with Gasteiger partial charge in [0.05, 0.1) is 14.2 Å². The van der Waals surface area contributed by atoms with E-state index in [0.717, 1.165) is 11.1 Å². The lowest BCUT2D eigenvalue weighted by atomic mass is 10.1. The first-order valence-electron chi connectivity index (χ1n) is 9.61. The van der Waals surface area contributed by atoms with Crippen LogP contribution in [-0.2, 0) is 13.1 Å². The number of methoxy groups -OCH3 is 2. The molecule has 3 aromatic rings. The second-order valence-electron chi connectivity index (χ2n) is 6.76. The molecule has 0 radical (unpaired) electrons. The number of benzene rings is 3. The van der Waals surface area contributed by atoms with Crippen molar-refractivity contribution in [3.63, 3.8) is 0 Å². The Morgan fingerprint density at radius 3 is 2.29 bits per heavy atom. The van der Waals surface area contributed by atoms with E-state index in [1.807, 2.05) is 65.6 Å². The van der Waals surface area contributed by atoms with Crippen LogP contribution < -0.4 is 14.8 Å². The van der Waals surface area contributed by atoms with Gasteiger partial charge < -0.3 is 14.4 Å². The molecule has 1 amide bonds. The van der Waals surface area contributed by atoms with Crippen LogP contribution >= 0.6 is 23.8 Å². The van der Waals surface area contributed by atoms with Crippen molar-refractivity contribution in [3.05, 3.63) is 94.5 Å². The number of thiocarbonyl (C=S) groups is 1. The minimum atomic E-state index is -0.262. The molecule has 0 aliphatic carbocycles. The second kappa shape index (κ2) is 10.8. The zero-order chi connectivity index (χ0) is 22.2. The van der Waals surface area contributed by atoms with Gasteiger partial charge in [-0.15, -0.1) is 0 Å².